The number of carbonyl (C=O) groups excluding carboxylic acids is 1. The third-order valence-electron chi connectivity index (χ3n) is 4.33. The molecule has 2 aliphatic rings. The maximum Gasteiger partial charge on any atom is 0.157 e. The summed E-state index contributed by atoms with van der Waals surface area (Å²) in [7, 11) is 0. The Morgan fingerprint density at radius 1 is 1.37 bits per heavy atom. The smallest absolute Gasteiger partial charge is 0.157 e. The van der Waals surface area contributed by atoms with Gasteiger partial charge in [0.1, 0.15) is 11.7 Å². The standard InChI is InChI=1S/C15H13ClFNO/c16-14-6-11(17)1-2-12(14)13(7-18)15(19)10-4-8-3-9(8)5-10/h1-2,6,8-10,13H,3-5H2. The molecule has 0 spiro atoms. The van der Waals surface area contributed by atoms with Gasteiger partial charge >= 0.3 is 0 Å². The second-order valence-electron chi connectivity index (χ2n) is 5.55. The van der Waals surface area contributed by atoms with Gasteiger partial charge in [-0.05, 0) is 48.8 Å². The average Bonchev–Trinajstić information content (AvgIpc) is 2.99. The van der Waals surface area contributed by atoms with Gasteiger partial charge in [0.25, 0.3) is 0 Å². The summed E-state index contributed by atoms with van der Waals surface area (Å²) in [6.07, 6.45) is 3.04. The Bertz CT molecular complexity index is 570. The van der Waals surface area contributed by atoms with Crippen molar-refractivity contribution in [3.05, 3.63) is 34.6 Å². The first kappa shape index (κ1) is 12.6. The number of nitriles is 1. The van der Waals surface area contributed by atoms with Crippen LogP contribution in [0.2, 0.25) is 5.02 Å². The molecular formula is C15H13ClFNO. The van der Waals surface area contributed by atoms with Crippen LogP contribution in [-0.4, -0.2) is 5.78 Å². The van der Waals surface area contributed by atoms with E-state index < -0.39 is 11.7 Å². The first-order valence-electron chi connectivity index (χ1n) is 6.48. The number of hydrogen-bond donors (Lipinski definition) is 0. The molecule has 0 radical (unpaired) electrons. The fraction of sp³-hybridized carbons (Fsp3) is 0.467. The van der Waals surface area contributed by atoms with E-state index in [0.717, 1.165) is 18.9 Å². The molecule has 0 amide bonds. The number of Topliss-reactive ketones (excluding diaryl/α,β-unsaturated/α-hetero) is 1. The van der Waals surface area contributed by atoms with Gasteiger partial charge in [-0.25, -0.2) is 4.39 Å². The maximum atomic E-state index is 13.0. The molecule has 0 heterocycles. The summed E-state index contributed by atoms with van der Waals surface area (Å²) in [6, 6.07) is 5.87. The summed E-state index contributed by atoms with van der Waals surface area (Å²) < 4.78 is 13.0. The van der Waals surface area contributed by atoms with Gasteiger partial charge in [-0.1, -0.05) is 17.7 Å². The van der Waals surface area contributed by atoms with Crippen molar-refractivity contribution in [2.75, 3.05) is 0 Å². The first-order valence-corrected chi connectivity index (χ1v) is 6.86. The van der Waals surface area contributed by atoms with E-state index in [4.69, 9.17) is 11.6 Å². The lowest BCUT2D eigenvalue weighted by molar-refractivity contribution is -0.123. The Kier molecular flexibility index (Phi) is 3.06. The zero-order valence-corrected chi connectivity index (χ0v) is 11.0. The lowest BCUT2D eigenvalue weighted by atomic mass is 9.86. The monoisotopic (exact) mass is 277 g/mol. The van der Waals surface area contributed by atoms with Crippen LogP contribution in [0.3, 0.4) is 0 Å². The summed E-state index contributed by atoms with van der Waals surface area (Å²) in [5.41, 5.74) is 0.427. The highest BCUT2D eigenvalue weighted by molar-refractivity contribution is 6.31. The van der Waals surface area contributed by atoms with Crippen molar-refractivity contribution in [2.24, 2.45) is 17.8 Å². The Labute approximate surface area is 116 Å². The highest BCUT2D eigenvalue weighted by Crippen LogP contribution is 2.55. The van der Waals surface area contributed by atoms with Gasteiger partial charge in [0.15, 0.2) is 5.78 Å². The van der Waals surface area contributed by atoms with Crippen molar-refractivity contribution >= 4 is 17.4 Å². The zero-order valence-electron chi connectivity index (χ0n) is 10.3. The zero-order chi connectivity index (χ0) is 13.6. The molecule has 0 bridgehead atoms. The van der Waals surface area contributed by atoms with Gasteiger partial charge in [0, 0.05) is 10.9 Å². The summed E-state index contributed by atoms with van der Waals surface area (Å²) >= 11 is 5.95. The highest BCUT2D eigenvalue weighted by Gasteiger charge is 2.49. The van der Waals surface area contributed by atoms with Crippen molar-refractivity contribution in [1.29, 1.82) is 5.26 Å². The summed E-state index contributed by atoms with van der Waals surface area (Å²) in [5.74, 6) is -0.0118. The molecule has 3 rings (SSSR count). The second-order valence-corrected chi connectivity index (χ2v) is 5.96. The molecule has 0 aliphatic heterocycles. The van der Waals surface area contributed by atoms with Crippen LogP contribution in [0, 0.1) is 34.9 Å². The molecule has 0 saturated heterocycles. The Hall–Kier alpha value is -1.40. The van der Waals surface area contributed by atoms with Crippen molar-refractivity contribution in [3.8, 4) is 6.07 Å². The molecule has 3 atom stereocenters. The van der Waals surface area contributed by atoms with Gasteiger partial charge < -0.3 is 0 Å². The minimum absolute atomic E-state index is 0.0190. The molecule has 3 unspecified atom stereocenters. The third-order valence-corrected chi connectivity index (χ3v) is 4.66. The molecule has 2 saturated carbocycles. The van der Waals surface area contributed by atoms with Crippen LogP contribution in [0.15, 0.2) is 18.2 Å². The van der Waals surface area contributed by atoms with E-state index in [-0.39, 0.29) is 16.7 Å². The minimum atomic E-state index is -0.865. The molecule has 2 nitrogen and oxygen atoms in total. The fourth-order valence-corrected chi connectivity index (χ4v) is 3.48. The molecule has 0 N–H and O–H groups in total. The number of benzene rings is 1. The van der Waals surface area contributed by atoms with Gasteiger partial charge in [-0.3, -0.25) is 4.79 Å². The van der Waals surface area contributed by atoms with E-state index in [9.17, 15) is 14.4 Å². The minimum Gasteiger partial charge on any atom is -0.298 e. The van der Waals surface area contributed by atoms with Gasteiger partial charge in [-0.15, -0.1) is 0 Å². The summed E-state index contributed by atoms with van der Waals surface area (Å²) in [6.45, 7) is 0. The van der Waals surface area contributed by atoms with E-state index in [0.29, 0.717) is 17.4 Å². The molecule has 0 aromatic heterocycles. The van der Waals surface area contributed by atoms with E-state index in [2.05, 4.69) is 0 Å². The molecule has 19 heavy (non-hydrogen) atoms. The average molecular weight is 278 g/mol. The Morgan fingerprint density at radius 3 is 2.63 bits per heavy atom. The van der Waals surface area contributed by atoms with Crippen LogP contribution in [0.4, 0.5) is 4.39 Å². The number of hydrogen-bond acceptors (Lipinski definition) is 2. The lowest BCUT2D eigenvalue weighted by Crippen LogP contribution is -2.20. The van der Waals surface area contributed by atoms with E-state index in [1.165, 1.54) is 18.6 Å². The van der Waals surface area contributed by atoms with Crippen LogP contribution in [0.1, 0.15) is 30.7 Å². The normalized spacial score (nSPS) is 29.4. The van der Waals surface area contributed by atoms with Crippen molar-refractivity contribution in [3.63, 3.8) is 0 Å². The van der Waals surface area contributed by atoms with Crippen molar-refractivity contribution in [2.45, 2.75) is 25.2 Å². The predicted octanol–water partition coefficient (Wildman–Crippen LogP) is 3.70. The van der Waals surface area contributed by atoms with Crippen LogP contribution in [0.5, 0.6) is 0 Å². The van der Waals surface area contributed by atoms with Crippen LogP contribution in [-0.2, 0) is 4.79 Å². The van der Waals surface area contributed by atoms with Gasteiger partial charge in [-0.2, -0.15) is 5.26 Å². The molecular weight excluding hydrogens is 265 g/mol. The van der Waals surface area contributed by atoms with Crippen LogP contribution < -0.4 is 0 Å². The number of rotatable bonds is 3. The van der Waals surface area contributed by atoms with Crippen LogP contribution in [0.25, 0.3) is 0 Å². The Balaban J connectivity index is 1.83. The number of carbonyl (C=O) groups is 1. The molecule has 4 heteroatoms. The number of halogens is 2. The molecule has 1 aromatic rings. The SMILES string of the molecule is N#CC(C(=O)C1CC2CC2C1)c1ccc(F)cc1Cl. The van der Waals surface area contributed by atoms with Crippen LogP contribution >= 0.6 is 11.6 Å². The van der Waals surface area contributed by atoms with Crippen molar-refractivity contribution < 1.29 is 9.18 Å². The number of ketones is 1. The predicted molar refractivity (Wildman–Crippen MR) is 69.1 cm³/mol. The third kappa shape index (κ3) is 2.26. The number of nitrogens with zero attached hydrogens (tertiary/aromatic N) is 1. The van der Waals surface area contributed by atoms with E-state index >= 15 is 0 Å². The fourth-order valence-electron chi connectivity index (χ4n) is 3.20. The van der Waals surface area contributed by atoms with Gasteiger partial charge in [0.2, 0.25) is 0 Å². The summed E-state index contributed by atoms with van der Waals surface area (Å²) in [4.78, 5) is 12.4. The molecule has 98 valence electrons. The molecule has 2 fully saturated rings. The van der Waals surface area contributed by atoms with E-state index in [1.807, 2.05) is 6.07 Å². The largest absolute Gasteiger partial charge is 0.298 e. The maximum absolute atomic E-state index is 13.0. The molecule has 1 aromatic carbocycles. The Morgan fingerprint density at radius 2 is 2.05 bits per heavy atom. The summed E-state index contributed by atoms with van der Waals surface area (Å²) in [5, 5.41) is 9.41. The topological polar surface area (TPSA) is 40.9 Å². The second kappa shape index (κ2) is 4.61. The van der Waals surface area contributed by atoms with E-state index in [1.54, 1.807) is 0 Å². The first-order chi connectivity index (χ1) is 9.10. The van der Waals surface area contributed by atoms with Gasteiger partial charge in [0.05, 0.1) is 6.07 Å². The highest BCUT2D eigenvalue weighted by atomic mass is 35.5. The molecule has 2 aliphatic carbocycles. The van der Waals surface area contributed by atoms with Crippen molar-refractivity contribution in [1.82, 2.24) is 0 Å². The lowest BCUT2D eigenvalue weighted by Gasteiger charge is -2.16. The number of fused-ring (bicyclic) bond motifs is 1. The quantitative estimate of drug-likeness (QED) is 0.845.